The van der Waals surface area contributed by atoms with Crippen LogP contribution in [0.1, 0.15) is 30.2 Å². The highest BCUT2D eigenvalue weighted by Gasteiger charge is 2.20. The van der Waals surface area contributed by atoms with E-state index in [4.69, 9.17) is 9.72 Å². The summed E-state index contributed by atoms with van der Waals surface area (Å²) in [6.07, 6.45) is 3.00. The lowest BCUT2D eigenvalue weighted by Crippen LogP contribution is -2.16. The van der Waals surface area contributed by atoms with Gasteiger partial charge in [0.2, 0.25) is 5.91 Å². The van der Waals surface area contributed by atoms with Gasteiger partial charge >= 0.3 is 0 Å². The molecule has 156 valence electrons. The van der Waals surface area contributed by atoms with Gasteiger partial charge in [-0.2, -0.15) is 5.26 Å². The second-order valence-corrected chi connectivity index (χ2v) is 8.65. The van der Waals surface area contributed by atoms with Gasteiger partial charge in [0.15, 0.2) is 0 Å². The van der Waals surface area contributed by atoms with Gasteiger partial charge < -0.3 is 10.1 Å². The molecule has 1 amide bonds. The Morgan fingerprint density at radius 1 is 1.19 bits per heavy atom. The standard InChI is InChI=1S/C25H23N3O2S/c1-17-10-11-23-18(12-17)13-19(15-26)25(28-23)31-16-24(29)27-20-6-5-9-22(14-20)30-21-7-3-2-4-8-21/h2-9,13-14,17H,10-12,16H2,1H3,(H,27,29). The number of nitrogens with one attached hydrogen (secondary N) is 1. The number of aryl methyl sites for hydroxylation is 1. The summed E-state index contributed by atoms with van der Waals surface area (Å²) < 4.78 is 5.82. The molecule has 0 bridgehead atoms. The van der Waals surface area contributed by atoms with E-state index >= 15 is 0 Å². The average Bonchev–Trinajstić information content (AvgIpc) is 2.78. The maximum Gasteiger partial charge on any atom is 0.234 e. The van der Waals surface area contributed by atoms with Crippen LogP contribution in [0.3, 0.4) is 0 Å². The fourth-order valence-corrected chi connectivity index (χ4v) is 4.39. The minimum Gasteiger partial charge on any atom is -0.457 e. The number of pyridine rings is 1. The summed E-state index contributed by atoms with van der Waals surface area (Å²) in [7, 11) is 0. The van der Waals surface area contributed by atoms with Crippen LogP contribution in [0.25, 0.3) is 0 Å². The highest BCUT2D eigenvalue weighted by molar-refractivity contribution is 8.00. The number of nitrogens with zero attached hydrogens (tertiary/aromatic N) is 2. The summed E-state index contributed by atoms with van der Waals surface area (Å²) in [4.78, 5) is 17.2. The molecule has 1 heterocycles. The predicted octanol–water partition coefficient (Wildman–Crippen LogP) is 5.60. The van der Waals surface area contributed by atoms with Crippen LogP contribution in [-0.2, 0) is 17.6 Å². The van der Waals surface area contributed by atoms with Crippen molar-refractivity contribution < 1.29 is 9.53 Å². The molecule has 1 aliphatic carbocycles. The Bertz CT molecular complexity index is 1130. The number of ether oxygens (including phenoxy) is 1. The molecule has 0 fully saturated rings. The molecule has 0 aliphatic heterocycles. The van der Waals surface area contributed by atoms with E-state index in [1.807, 2.05) is 54.6 Å². The zero-order chi connectivity index (χ0) is 21.6. The maximum absolute atomic E-state index is 12.5. The quantitative estimate of drug-likeness (QED) is 0.516. The Morgan fingerprint density at radius 3 is 2.81 bits per heavy atom. The fourth-order valence-electron chi connectivity index (χ4n) is 3.61. The molecule has 0 saturated carbocycles. The van der Waals surface area contributed by atoms with Gasteiger partial charge in [-0.1, -0.05) is 43.0 Å². The number of hydrogen-bond donors (Lipinski definition) is 1. The molecule has 6 heteroatoms. The van der Waals surface area contributed by atoms with Gasteiger partial charge in [0.05, 0.1) is 11.3 Å². The Morgan fingerprint density at radius 2 is 2.00 bits per heavy atom. The van der Waals surface area contributed by atoms with E-state index in [2.05, 4.69) is 18.3 Å². The number of aromatic nitrogens is 1. The Labute approximate surface area is 186 Å². The van der Waals surface area contributed by atoms with Crippen molar-refractivity contribution in [2.45, 2.75) is 31.2 Å². The minimum atomic E-state index is -0.154. The van der Waals surface area contributed by atoms with E-state index in [1.165, 1.54) is 17.3 Å². The van der Waals surface area contributed by atoms with Crippen LogP contribution in [0.4, 0.5) is 5.69 Å². The van der Waals surface area contributed by atoms with Crippen molar-refractivity contribution in [2.75, 3.05) is 11.1 Å². The summed E-state index contributed by atoms with van der Waals surface area (Å²) in [6.45, 7) is 2.22. The topological polar surface area (TPSA) is 75.0 Å². The molecule has 0 saturated heterocycles. The third-order valence-corrected chi connectivity index (χ3v) is 6.15. The SMILES string of the molecule is CC1CCc2nc(SCC(=O)Nc3cccc(Oc4ccccc4)c3)c(C#N)cc2C1. The molecular weight excluding hydrogens is 406 g/mol. The lowest BCUT2D eigenvalue weighted by molar-refractivity contribution is -0.113. The monoisotopic (exact) mass is 429 g/mol. The Hall–Kier alpha value is -3.30. The van der Waals surface area contributed by atoms with Gasteiger partial charge in [-0.05, 0) is 61.1 Å². The number of rotatable bonds is 6. The average molecular weight is 430 g/mol. The van der Waals surface area contributed by atoms with Crippen molar-refractivity contribution in [1.82, 2.24) is 4.98 Å². The molecule has 1 aliphatic rings. The molecule has 1 atom stereocenters. The smallest absolute Gasteiger partial charge is 0.234 e. The van der Waals surface area contributed by atoms with Crippen LogP contribution in [-0.4, -0.2) is 16.6 Å². The Kier molecular flexibility index (Phi) is 6.54. The highest BCUT2D eigenvalue weighted by atomic mass is 32.2. The number of amides is 1. The van der Waals surface area contributed by atoms with Crippen molar-refractivity contribution in [3.63, 3.8) is 0 Å². The number of hydrogen-bond acceptors (Lipinski definition) is 5. The summed E-state index contributed by atoms with van der Waals surface area (Å²) >= 11 is 1.30. The normalized spacial score (nSPS) is 14.9. The van der Waals surface area contributed by atoms with Crippen molar-refractivity contribution >= 4 is 23.4 Å². The van der Waals surface area contributed by atoms with Crippen molar-refractivity contribution in [3.05, 3.63) is 77.5 Å². The van der Waals surface area contributed by atoms with Gasteiger partial charge in [0.25, 0.3) is 0 Å². The van der Waals surface area contributed by atoms with Crippen LogP contribution in [0.2, 0.25) is 0 Å². The number of carbonyl (C=O) groups excluding carboxylic acids is 1. The summed E-state index contributed by atoms with van der Waals surface area (Å²) in [5.41, 5.74) is 3.43. The Balaban J connectivity index is 1.39. The first kappa shape index (κ1) is 21.0. The van der Waals surface area contributed by atoms with E-state index in [-0.39, 0.29) is 11.7 Å². The molecule has 31 heavy (non-hydrogen) atoms. The van der Waals surface area contributed by atoms with Gasteiger partial charge in [-0.3, -0.25) is 4.79 Å². The van der Waals surface area contributed by atoms with Crippen LogP contribution >= 0.6 is 11.8 Å². The molecule has 1 aromatic heterocycles. The van der Waals surface area contributed by atoms with E-state index in [0.29, 0.717) is 27.9 Å². The zero-order valence-corrected chi connectivity index (χ0v) is 18.1. The second-order valence-electron chi connectivity index (χ2n) is 7.69. The number of fused-ring (bicyclic) bond motifs is 1. The number of para-hydroxylation sites is 1. The second kappa shape index (κ2) is 9.67. The van der Waals surface area contributed by atoms with Gasteiger partial charge in [0.1, 0.15) is 22.6 Å². The first-order valence-corrected chi connectivity index (χ1v) is 11.3. The molecular formula is C25H23N3O2S. The fraction of sp³-hybridized carbons (Fsp3) is 0.240. The highest BCUT2D eigenvalue weighted by Crippen LogP contribution is 2.30. The number of nitriles is 1. The molecule has 0 radical (unpaired) electrons. The number of anilines is 1. The van der Waals surface area contributed by atoms with Crippen molar-refractivity contribution in [2.24, 2.45) is 5.92 Å². The summed E-state index contributed by atoms with van der Waals surface area (Å²) in [5.74, 6) is 2.03. The first-order chi connectivity index (χ1) is 15.1. The van der Waals surface area contributed by atoms with Crippen molar-refractivity contribution in [3.8, 4) is 17.6 Å². The molecule has 4 rings (SSSR count). The van der Waals surface area contributed by atoms with Gasteiger partial charge in [-0.25, -0.2) is 4.98 Å². The number of thioether (sulfide) groups is 1. The predicted molar refractivity (Wildman–Crippen MR) is 122 cm³/mol. The molecule has 3 aromatic rings. The summed E-state index contributed by atoms with van der Waals surface area (Å²) in [6, 6.07) is 21.0. The minimum absolute atomic E-state index is 0.154. The number of carbonyl (C=O) groups is 1. The molecule has 1 unspecified atom stereocenters. The van der Waals surface area contributed by atoms with E-state index in [0.717, 1.165) is 30.7 Å². The first-order valence-electron chi connectivity index (χ1n) is 10.3. The molecule has 5 nitrogen and oxygen atoms in total. The van der Waals surface area contributed by atoms with Crippen molar-refractivity contribution in [1.29, 1.82) is 5.26 Å². The van der Waals surface area contributed by atoms with Crippen LogP contribution in [0.15, 0.2) is 65.7 Å². The molecule has 0 spiro atoms. The lowest BCUT2D eigenvalue weighted by Gasteiger charge is -2.21. The lowest BCUT2D eigenvalue weighted by atomic mass is 9.87. The van der Waals surface area contributed by atoms with Gasteiger partial charge in [-0.15, -0.1) is 0 Å². The molecule has 2 aromatic carbocycles. The van der Waals surface area contributed by atoms with Crippen LogP contribution in [0, 0.1) is 17.2 Å². The van der Waals surface area contributed by atoms with E-state index < -0.39 is 0 Å². The van der Waals surface area contributed by atoms with E-state index in [9.17, 15) is 10.1 Å². The third kappa shape index (κ3) is 5.44. The third-order valence-electron chi connectivity index (χ3n) is 5.16. The van der Waals surface area contributed by atoms with Gasteiger partial charge in [0, 0.05) is 17.4 Å². The summed E-state index contributed by atoms with van der Waals surface area (Å²) in [5, 5.41) is 13.0. The molecule has 1 N–H and O–H groups in total. The maximum atomic E-state index is 12.5. The number of benzene rings is 2. The van der Waals surface area contributed by atoms with E-state index in [1.54, 1.807) is 6.07 Å². The zero-order valence-electron chi connectivity index (χ0n) is 17.3. The largest absolute Gasteiger partial charge is 0.457 e. The van der Waals surface area contributed by atoms with Crippen LogP contribution in [0.5, 0.6) is 11.5 Å². The van der Waals surface area contributed by atoms with Crippen LogP contribution < -0.4 is 10.1 Å².